The van der Waals surface area contributed by atoms with Gasteiger partial charge in [-0.05, 0) is 12.5 Å². The molecule has 17 heavy (non-hydrogen) atoms. The van der Waals surface area contributed by atoms with E-state index >= 15 is 0 Å². The third-order valence-electron chi connectivity index (χ3n) is 2.14. The molecule has 4 nitrogen and oxygen atoms in total. The van der Waals surface area contributed by atoms with E-state index in [1.807, 2.05) is 0 Å². The molecule has 0 atom stereocenters. The van der Waals surface area contributed by atoms with Gasteiger partial charge in [-0.1, -0.05) is 19.8 Å². The van der Waals surface area contributed by atoms with E-state index in [1.54, 1.807) is 0 Å². The molecule has 1 aromatic heterocycles. The summed E-state index contributed by atoms with van der Waals surface area (Å²) in [7, 11) is 1.44. The second kappa shape index (κ2) is 6.37. The van der Waals surface area contributed by atoms with Crippen LogP contribution in [0.15, 0.2) is 15.7 Å². The van der Waals surface area contributed by atoms with Gasteiger partial charge in [-0.3, -0.25) is 4.79 Å². The second-order valence-electron chi connectivity index (χ2n) is 3.56. The maximum absolute atomic E-state index is 11.6. The van der Waals surface area contributed by atoms with Crippen LogP contribution in [0.3, 0.4) is 0 Å². The lowest BCUT2D eigenvalue weighted by Gasteiger charge is -2.02. The minimum Gasteiger partial charge on any atom is -0.352 e. The summed E-state index contributed by atoms with van der Waals surface area (Å²) in [6.07, 6.45) is 3.07. The predicted molar refractivity (Wildman–Crippen MR) is 69.2 cm³/mol. The molecule has 0 fully saturated rings. The molecule has 0 bridgehead atoms. The number of carbonyl (C=O) groups excluding carboxylic acids is 1. The van der Waals surface area contributed by atoms with E-state index in [9.17, 15) is 13.2 Å². The molecule has 0 aromatic carbocycles. The average molecular weight is 296 g/mol. The topological polar surface area (TPSA) is 63.2 Å². The monoisotopic (exact) mass is 295 g/mol. The maximum atomic E-state index is 11.6. The summed E-state index contributed by atoms with van der Waals surface area (Å²) in [5.74, 6) is -0.260. The normalized spacial score (nSPS) is 11.4. The third-order valence-corrected chi connectivity index (χ3v) is 5.18. The molecule has 1 N–H and O–H groups in total. The van der Waals surface area contributed by atoms with Crippen molar-refractivity contribution in [2.75, 3.05) is 6.54 Å². The fourth-order valence-corrected chi connectivity index (χ4v) is 3.19. The van der Waals surface area contributed by atoms with Crippen molar-refractivity contribution in [3.05, 3.63) is 17.0 Å². The maximum Gasteiger partial charge on any atom is 0.270 e. The third kappa shape index (κ3) is 4.65. The van der Waals surface area contributed by atoms with Crippen LogP contribution in [-0.2, 0) is 9.05 Å². The van der Waals surface area contributed by atoms with Gasteiger partial charge in [-0.2, -0.15) is 0 Å². The summed E-state index contributed by atoms with van der Waals surface area (Å²) in [4.78, 5) is 11.6. The smallest absolute Gasteiger partial charge is 0.270 e. The lowest BCUT2D eigenvalue weighted by Crippen LogP contribution is -2.23. The molecule has 0 aliphatic carbocycles. The molecule has 7 heteroatoms. The van der Waals surface area contributed by atoms with E-state index in [2.05, 4.69) is 12.2 Å². The number of thiophene rings is 1. The van der Waals surface area contributed by atoms with Crippen LogP contribution in [0.2, 0.25) is 0 Å². The average Bonchev–Trinajstić information content (AvgIpc) is 2.72. The summed E-state index contributed by atoms with van der Waals surface area (Å²) in [5.41, 5.74) is 0.339. The Morgan fingerprint density at radius 3 is 2.71 bits per heavy atom. The summed E-state index contributed by atoms with van der Waals surface area (Å²) >= 11 is 0.948. The Balaban J connectivity index is 2.56. The summed E-state index contributed by atoms with van der Waals surface area (Å²) < 4.78 is 22.0. The van der Waals surface area contributed by atoms with E-state index in [0.717, 1.165) is 30.6 Å². The number of carbonyl (C=O) groups is 1. The number of amides is 1. The zero-order valence-electron chi connectivity index (χ0n) is 9.40. The summed E-state index contributed by atoms with van der Waals surface area (Å²) in [6.45, 7) is 2.68. The van der Waals surface area contributed by atoms with Gasteiger partial charge in [0.2, 0.25) is 0 Å². The molecule has 0 aliphatic heterocycles. The highest BCUT2D eigenvalue weighted by Crippen LogP contribution is 2.23. The Morgan fingerprint density at radius 1 is 1.47 bits per heavy atom. The van der Waals surface area contributed by atoms with E-state index in [4.69, 9.17) is 10.7 Å². The first-order valence-electron chi connectivity index (χ1n) is 5.26. The van der Waals surface area contributed by atoms with E-state index < -0.39 is 9.05 Å². The van der Waals surface area contributed by atoms with Gasteiger partial charge in [0.15, 0.2) is 0 Å². The molecule has 1 heterocycles. The van der Waals surface area contributed by atoms with Crippen LogP contribution in [0.1, 0.15) is 36.5 Å². The number of rotatable bonds is 6. The van der Waals surface area contributed by atoms with Crippen molar-refractivity contribution in [3.8, 4) is 0 Å². The van der Waals surface area contributed by atoms with Gasteiger partial charge >= 0.3 is 0 Å². The van der Waals surface area contributed by atoms with Gasteiger partial charge < -0.3 is 5.32 Å². The molecule has 0 aliphatic rings. The van der Waals surface area contributed by atoms with Gasteiger partial charge in [0, 0.05) is 22.6 Å². The quantitative estimate of drug-likeness (QED) is 0.648. The first kappa shape index (κ1) is 14.5. The Labute approximate surface area is 109 Å². The first-order chi connectivity index (χ1) is 7.95. The van der Waals surface area contributed by atoms with Gasteiger partial charge in [-0.25, -0.2) is 8.42 Å². The van der Waals surface area contributed by atoms with Gasteiger partial charge in [0.1, 0.15) is 4.21 Å². The lowest BCUT2D eigenvalue weighted by molar-refractivity contribution is 0.0953. The molecule has 1 amide bonds. The molecular weight excluding hydrogens is 282 g/mol. The van der Waals surface area contributed by atoms with Crippen LogP contribution in [-0.4, -0.2) is 20.9 Å². The van der Waals surface area contributed by atoms with Crippen molar-refractivity contribution in [2.24, 2.45) is 0 Å². The largest absolute Gasteiger partial charge is 0.352 e. The highest BCUT2D eigenvalue weighted by molar-refractivity contribution is 8.15. The summed E-state index contributed by atoms with van der Waals surface area (Å²) in [5, 5.41) is 4.22. The van der Waals surface area contributed by atoms with Crippen LogP contribution in [0, 0.1) is 0 Å². The zero-order valence-corrected chi connectivity index (χ0v) is 11.8. The Bertz CT molecular complexity index is 481. The Kier molecular flexibility index (Phi) is 5.42. The molecule has 1 rings (SSSR count). The Hall–Kier alpha value is -0.590. The Morgan fingerprint density at radius 2 is 2.18 bits per heavy atom. The zero-order chi connectivity index (χ0) is 12.9. The SMILES string of the molecule is CCCCCNC(=O)c1csc(S(=O)(=O)Cl)c1. The fourth-order valence-electron chi connectivity index (χ4n) is 1.24. The summed E-state index contributed by atoms with van der Waals surface area (Å²) in [6, 6.07) is 1.29. The number of unbranched alkanes of at least 4 members (excludes halogenated alkanes) is 2. The van der Waals surface area contributed by atoms with E-state index in [1.165, 1.54) is 11.4 Å². The van der Waals surface area contributed by atoms with E-state index in [0.29, 0.717) is 12.1 Å². The van der Waals surface area contributed by atoms with Gasteiger partial charge in [0.25, 0.3) is 15.0 Å². The molecule has 0 radical (unpaired) electrons. The van der Waals surface area contributed by atoms with Crippen molar-refractivity contribution in [1.82, 2.24) is 5.32 Å². The second-order valence-corrected chi connectivity index (χ2v) is 7.26. The molecule has 0 spiro atoms. The minimum absolute atomic E-state index is 0.00197. The van der Waals surface area contributed by atoms with Crippen molar-refractivity contribution in [2.45, 2.75) is 30.4 Å². The van der Waals surface area contributed by atoms with Crippen molar-refractivity contribution in [3.63, 3.8) is 0 Å². The van der Waals surface area contributed by atoms with Crippen LogP contribution < -0.4 is 5.32 Å². The van der Waals surface area contributed by atoms with Crippen molar-refractivity contribution in [1.29, 1.82) is 0 Å². The van der Waals surface area contributed by atoms with Gasteiger partial charge in [-0.15, -0.1) is 11.3 Å². The van der Waals surface area contributed by atoms with Crippen molar-refractivity contribution < 1.29 is 13.2 Å². The van der Waals surface area contributed by atoms with Crippen LogP contribution in [0.25, 0.3) is 0 Å². The first-order valence-corrected chi connectivity index (χ1v) is 8.45. The number of halogens is 1. The molecule has 96 valence electrons. The van der Waals surface area contributed by atoms with Crippen molar-refractivity contribution >= 4 is 37.0 Å². The highest BCUT2D eigenvalue weighted by Gasteiger charge is 2.16. The fraction of sp³-hybridized carbons (Fsp3) is 0.500. The molecule has 0 unspecified atom stereocenters. The highest BCUT2D eigenvalue weighted by atomic mass is 35.7. The minimum atomic E-state index is -3.73. The predicted octanol–water partition coefficient (Wildman–Crippen LogP) is 2.60. The molecular formula is C10H14ClNO3S2. The lowest BCUT2D eigenvalue weighted by atomic mass is 10.2. The van der Waals surface area contributed by atoms with Gasteiger partial charge in [0.05, 0.1) is 5.56 Å². The number of nitrogens with one attached hydrogen (secondary N) is 1. The van der Waals surface area contributed by atoms with Crippen LogP contribution >= 0.6 is 22.0 Å². The van der Waals surface area contributed by atoms with E-state index in [-0.39, 0.29) is 10.1 Å². The van der Waals surface area contributed by atoms with Crippen LogP contribution in [0.5, 0.6) is 0 Å². The number of hydrogen-bond donors (Lipinski definition) is 1. The van der Waals surface area contributed by atoms with Crippen LogP contribution in [0.4, 0.5) is 0 Å². The molecule has 0 saturated carbocycles. The molecule has 0 saturated heterocycles. The standard InChI is InChI=1S/C10H14ClNO3S2/c1-2-3-4-5-12-10(13)8-6-9(16-7-8)17(11,14)15/h6-7H,2-5H2,1H3,(H,12,13). The number of hydrogen-bond acceptors (Lipinski definition) is 4. The molecule has 1 aromatic rings.